The largest absolute Gasteiger partial charge is 0.462 e. The zero-order valence-electron chi connectivity index (χ0n) is 9.17. The van der Waals surface area contributed by atoms with Gasteiger partial charge in [0.2, 0.25) is 0 Å². The van der Waals surface area contributed by atoms with Crippen molar-refractivity contribution in [1.82, 2.24) is 0 Å². The van der Waals surface area contributed by atoms with Gasteiger partial charge in [0, 0.05) is 5.69 Å². The number of hydrogen-bond acceptors (Lipinski definition) is 3. The standard InChI is InChI=1S/C11H12F3NO2/c1-2-17-10(16)8-4-3-7(5-9(8)15)6-11(12,13)14/h3-5H,2,6,15H2,1H3. The van der Waals surface area contributed by atoms with Crippen molar-refractivity contribution in [2.75, 3.05) is 12.3 Å². The van der Waals surface area contributed by atoms with Crippen molar-refractivity contribution in [3.8, 4) is 0 Å². The maximum absolute atomic E-state index is 12.1. The number of carbonyl (C=O) groups excluding carboxylic acids is 1. The summed E-state index contributed by atoms with van der Waals surface area (Å²) in [5.41, 5.74) is 5.59. The molecule has 1 aromatic rings. The van der Waals surface area contributed by atoms with Gasteiger partial charge in [0.05, 0.1) is 18.6 Å². The molecule has 0 saturated heterocycles. The Morgan fingerprint density at radius 1 is 1.41 bits per heavy atom. The molecular formula is C11H12F3NO2. The van der Waals surface area contributed by atoms with Gasteiger partial charge in [-0.25, -0.2) is 4.79 Å². The Balaban J connectivity index is 2.90. The number of anilines is 1. The van der Waals surface area contributed by atoms with Crippen LogP contribution in [0.5, 0.6) is 0 Å². The van der Waals surface area contributed by atoms with E-state index in [-0.39, 0.29) is 23.4 Å². The van der Waals surface area contributed by atoms with Gasteiger partial charge >= 0.3 is 12.1 Å². The molecule has 3 nitrogen and oxygen atoms in total. The van der Waals surface area contributed by atoms with Gasteiger partial charge in [0.1, 0.15) is 0 Å². The highest BCUT2D eigenvalue weighted by atomic mass is 19.4. The van der Waals surface area contributed by atoms with Crippen molar-refractivity contribution in [3.05, 3.63) is 29.3 Å². The Morgan fingerprint density at radius 3 is 2.53 bits per heavy atom. The number of benzene rings is 1. The summed E-state index contributed by atoms with van der Waals surface area (Å²) in [6.45, 7) is 1.81. The minimum Gasteiger partial charge on any atom is -0.462 e. The molecule has 17 heavy (non-hydrogen) atoms. The molecule has 0 aromatic heterocycles. The number of hydrogen-bond donors (Lipinski definition) is 1. The quantitative estimate of drug-likeness (QED) is 0.659. The molecule has 0 spiro atoms. The smallest absolute Gasteiger partial charge is 0.393 e. The summed E-state index contributed by atoms with van der Waals surface area (Å²) in [7, 11) is 0. The predicted molar refractivity (Wildman–Crippen MR) is 56.6 cm³/mol. The first-order valence-electron chi connectivity index (χ1n) is 4.95. The number of esters is 1. The lowest BCUT2D eigenvalue weighted by molar-refractivity contribution is -0.127. The van der Waals surface area contributed by atoms with Crippen molar-refractivity contribution in [2.24, 2.45) is 0 Å². The van der Waals surface area contributed by atoms with Crippen molar-refractivity contribution >= 4 is 11.7 Å². The van der Waals surface area contributed by atoms with Gasteiger partial charge in [0.15, 0.2) is 0 Å². The van der Waals surface area contributed by atoms with E-state index in [1.165, 1.54) is 12.1 Å². The van der Waals surface area contributed by atoms with Gasteiger partial charge < -0.3 is 10.5 Å². The maximum Gasteiger partial charge on any atom is 0.393 e. The molecule has 1 rings (SSSR count). The van der Waals surface area contributed by atoms with Crippen molar-refractivity contribution < 1.29 is 22.7 Å². The molecule has 0 radical (unpaired) electrons. The first-order valence-corrected chi connectivity index (χ1v) is 4.95. The SMILES string of the molecule is CCOC(=O)c1ccc(CC(F)(F)F)cc1N. The Morgan fingerprint density at radius 2 is 2.06 bits per heavy atom. The molecule has 94 valence electrons. The second-order valence-corrected chi connectivity index (χ2v) is 3.43. The molecule has 0 saturated carbocycles. The van der Waals surface area contributed by atoms with Gasteiger partial charge in [-0.05, 0) is 24.6 Å². The lowest BCUT2D eigenvalue weighted by Crippen LogP contribution is -2.13. The molecule has 0 aliphatic heterocycles. The molecule has 0 atom stereocenters. The van der Waals surface area contributed by atoms with Gasteiger partial charge in [0.25, 0.3) is 0 Å². The van der Waals surface area contributed by atoms with Gasteiger partial charge in [-0.15, -0.1) is 0 Å². The fourth-order valence-corrected chi connectivity index (χ4v) is 1.35. The summed E-state index contributed by atoms with van der Waals surface area (Å²) in [6.07, 6.45) is -5.36. The average Bonchev–Trinajstić information content (AvgIpc) is 2.15. The Hall–Kier alpha value is -1.72. The van der Waals surface area contributed by atoms with E-state index in [2.05, 4.69) is 0 Å². The third-order valence-corrected chi connectivity index (χ3v) is 2.02. The van der Waals surface area contributed by atoms with Crippen molar-refractivity contribution in [1.29, 1.82) is 0 Å². The summed E-state index contributed by atoms with van der Waals surface area (Å²) < 4.78 is 41.1. The van der Waals surface area contributed by atoms with Crippen LogP contribution in [-0.4, -0.2) is 18.8 Å². The molecule has 1 aromatic carbocycles. The molecule has 0 fully saturated rings. The Labute approximate surface area is 96.4 Å². The van der Waals surface area contributed by atoms with Crippen LogP contribution in [0.25, 0.3) is 0 Å². The van der Waals surface area contributed by atoms with E-state index in [0.29, 0.717) is 0 Å². The number of halogens is 3. The highest BCUT2D eigenvalue weighted by Gasteiger charge is 2.28. The van der Waals surface area contributed by atoms with Crippen LogP contribution in [0.3, 0.4) is 0 Å². The van der Waals surface area contributed by atoms with E-state index in [0.717, 1.165) is 6.07 Å². The first-order chi connectivity index (χ1) is 7.83. The number of nitrogens with two attached hydrogens (primary N) is 1. The topological polar surface area (TPSA) is 52.3 Å². The molecule has 2 N–H and O–H groups in total. The summed E-state index contributed by atoms with van der Waals surface area (Å²) in [5.74, 6) is -0.636. The number of nitrogen functional groups attached to an aromatic ring is 1. The van der Waals surface area contributed by atoms with E-state index in [1.807, 2.05) is 0 Å². The van der Waals surface area contributed by atoms with Gasteiger partial charge in [-0.1, -0.05) is 6.07 Å². The number of carbonyl (C=O) groups is 1. The highest BCUT2D eigenvalue weighted by molar-refractivity contribution is 5.95. The predicted octanol–water partition coefficient (Wildman–Crippen LogP) is 2.55. The van der Waals surface area contributed by atoms with E-state index in [9.17, 15) is 18.0 Å². The van der Waals surface area contributed by atoms with Crippen LogP contribution < -0.4 is 5.73 Å². The van der Waals surface area contributed by atoms with Crippen molar-refractivity contribution in [2.45, 2.75) is 19.5 Å². The molecule has 0 amide bonds. The second kappa shape index (κ2) is 5.07. The fourth-order valence-electron chi connectivity index (χ4n) is 1.35. The Bertz CT molecular complexity index is 416. The van der Waals surface area contributed by atoms with Gasteiger partial charge in [-0.2, -0.15) is 13.2 Å². The molecule has 0 bridgehead atoms. The zero-order valence-corrected chi connectivity index (χ0v) is 9.17. The van der Waals surface area contributed by atoms with E-state index >= 15 is 0 Å². The summed E-state index contributed by atoms with van der Waals surface area (Å²) in [6, 6.07) is 3.60. The van der Waals surface area contributed by atoms with Gasteiger partial charge in [-0.3, -0.25) is 0 Å². The van der Waals surface area contributed by atoms with E-state index in [1.54, 1.807) is 6.92 Å². The zero-order chi connectivity index (χ0) is 13.1. The van der Waals surface area contributed by atoms with Crippen LogP contribution in [-0.2, 0) is 11.2 Å². The minimum absolute atomic E-state index is 0.00907. The van der Waals surface area contributed by atoms with E-state index in [4.69, 9.17) is 10.5 Å². The number of alkyl halides is 3. The lowest BCUT2D eigenvalue weighted by atomic mass is 10.1. The lowest BCUT2D eigenvalue weighted by Gasteiger charge is -2.09. The van der Waals surface area contributed by atoms with Crippen LogP contribution in [0.15, 0.2) is 18.2 Å². The minimum atomic E-state index is -4.29. The highest BCUT2D eigenvalue weighted by Crippen LogP contribution is 2.24. The summed E-state index contributed by atoms with van der Waals surface area (Å²) >= 11 is 0. The summed E-state index contributed by atoms with van der Waals surface area (Å²) in [4.78, 5) is 11.3. The molecule has 0 heterocycles. The number of ether oxygens (including phenoxy) is 1. The maximum atomic E-state index is 12.1. The molecule has 0 aliphatic rings. The van der Waals surface area contributed by atoms with Crippen LogP contribution in [0.2, 0.25) is 0 Å². The third-order valence-electron chi connectivity index (χ3n) is 2.02. The fraction of sp³-hybridized carbons (Fsp3) is 0.364. The average molecular weight is 247 g/mol. The first kappa shape index (κ1) is 13.3. The monoisotopic (exact) mass is 247 g/mol. The normalized spacial score (nSPS) is 11.3. The third kappa shape index (κ3) is 3.97. The van der Waals surface area contributed by atoms with Crippen LogP contribution in [0.1, 0.15) is 22.8 Å². The summed E-state index contributed by atoms with van der Waals surface area (Å²) in [5, 5.41) is 0. The second-order valence-electron chi connectivity index (χ2n) is 3.43. The molecule has 0 aliphatic carbocycles. The Kier molecular flexibility index (Phi) is 3.98. The van der Waals surface area contributed by atoms with E-state index < -0.39 is 18.6 Å². The number of rotatable bonds is 3. The molecule has 0 unspecified atom stereocenters. The van der Waals surface area contributed by atoms with Crippen LogP contribution in [0, 0.1) is 0 Å². The van der Waals surface area contributed by atoms with Crippen molar-refractivity contribution in [3.63, 3.8) is 0 Å². The molecular weight excluding hydrogens is 235 g/mol. The van der Waals surface area contributed by atoms with Crippen LogP contribution in [0.4, 0.5) is 18.9 Å². The molecule has 6 heteroatoms. The van der Waals surface area contributed by atoms with Crippen LogP contribution >= 0.6 is 0 Å².